The average Bonchev–Trinajstić information content (AvgIpc) is 2.55. The van der Waals surface area contributed by atoms with Crippen LogP contribution in [0.2, 0.25) is 10.0 Å². The Bertz CT molecular complexity index is 773. The Kier molecular flexibility index (Phi) is 5.51. The molecule has 128 valence electrons. The number of hydrogen-bond donors (Lipinski definition) is 2. The van der Waals surface area contributed by atoms with Crippen LogP contribution in [-0.2, 0) is 14.3 Å². The smallest absolute Gasteiger partial charge is 0.336 e. The second-order valence-corrected chi connectivity index (χ2v) is 5.85. The Morgan fingerprint density at radius 1 is 1.33 bits per heavy atom. The van der Waals surface area contributed by atoms with Crippen LogP contribution in [0, 0.1) is 0 Å². The minimum atomic E-state index is -1.26. The van der Waals surface area contributed by atoms with Gasteiger partial charge in [0.1, 0.15) is 6.67 Å². The van der Waals surface area contributed by atoms with Crippen molar-refractivity contribution in [2.24, 2.45) is 0 Å². The van der Waals surface area contributed by atoms with Crippen LogP contribution in [0.3, 0.4) is 0 Å². The number of carbonyl (C=O) groups excluding carboxylic acids is 1. The SMILES string of the molecule is COC(=O)C1=C(CF)NC(C)=C(C(=O)O)C1c1cccc(Cl)c1Cl. The molecule has 0 radical (unpaired) electrons. The molecule has 24 heavy (non-hydrogen) atoms. The molecular weight excluding hydrogens is 360 g/mol. The van der Waals surface area contributed by atoms with Crippen molar-refractivity contribution >= 4 is 35.1 Å². The summed E-state index contributed by atoms with van der Waals surface area (Å²) in [5.74, 6) is -3.21. The summed E-state index contributed by atoms with van der Waals surface area (Å²) in [6, 6.07) is 4.65. The van der Waals surface area contributed by atoms with E-state index in [2.05, 4.69) is 5.32 Å². The summed E-state index contributed by atoms with van der Waals surface area (Å²) < 4.78 is 18.2. The van der Waals surface area contributed by atoms with Crippen LogP contribution in [0.1, 0.15) is 18.4 Å². The molecule has 0 bridgehead atoms. The number of aliphatic carboxylic acids is 1. The number of dihydropyridines is 1. The highest BCUT2D eigenvalue weighted by molar-refractivity contribution is 6.42. The number of ether oxygens (including phenoxy) is 1. The first-order valence-corrected chi connectivity index (χ1v) is 7.61. The zero-order chi connectivity index (χ0) is 18.0. The second-order valence-electron chi connectivity index (χ2n) is 5.06. The van der Waals surface area contributed by atoms with E-state index in [9.17, 15) is 19.1 Å². The lowest BCUT2D eigenvalue weighted by molar-refractivity contribution is -0.136. The molecule has 2 N–H and O–H groups in total. The summed E-state index contributed by atoms with van der Waals surface area (Å²) in [4.78, 5) is 24.0. The van der Waals surface area contributed by atoms with E-state index < -0.39 is 24.5 Å². The van der Waals surface area contributed by atoms with Gasteiger partial charge < -0.3 is 15.2 Å². The van der Waals surface area contributed by atoms with Crippen molar-refractivity contribution in [1.82, 2.24) is 5.32 Å². The standard InChI is InChI=1S/C16H14Cl2FNO4/c1-7-11(15(21)22)12(8-4-3-5-9(17)14(8)18)13(16(23)24-2)10(6-19)20-7/h3-5,12,20H,6H2,1-2H3,(H,21,22). The Balaban J connectivity index is 2.81. The predicted molar refractivity (Wildman–Crippen MR) is 87.7 cm³/mol. The Morgan fingerprint density at radius 2 is 2.00 bits per heavy atom. The topological polar surface area (TPSA) is 75.6 Å². The third-order valence-electron chi connectivity index (χ3n) is 3.71. The molecule has 1 aromatic carbocycles. The molecule has 1 unspecified atom stereocenters. The predicted octanol–water partition coefficient (Wildman–Crippen LogP) is 3.44. The lowest BCUT2D eigenvalue weighted by Gasteiger charge is -2.30. The maximum absolute atomic E-state index is 13.4. The van der Waals surface area contributed by atoms with Gasteiger partial charge in [-0.15, -0.1) is 0 Å². The average molecular weight is 374 g/mol. The Hall–Kier alpha value is -2.05. The number of allylic oxidation sites excluding steroid dienone is 2. The van der Waals surface area contributed by atoms with Gasteiger partial charge in [-0.1, -0.05) is 35.3 Å². The molecule has 0 aromatic heterocycles. The summed E-state index contributed by atoms with van der Waals surface area (Å²) in [5.41, 5.74) is 0.159. The second kappa shape index (κ2) is 7.23. The first-order valence-electron chi connectivity index (χ1n) is 6.85. The van der Waals surface area contributed by atoms with Crippen molar-refractivity contribution in [1.29, 1.82) is 0 Å². The molecule has 1 heterocycles. The van der Waals surface area contributed by atoms with E-state index >= 15 is 0 Å². The van der Waals surface area contributed by atoms with Gasteiger partial charge in [-0.05, 0) is 18.6 Å². The number of esters is 1. The van der Waals surface area contributed by atoms with E-state index in [1.54, 1.807) is 12.1 Å². The van der Waals surface area contributed by atoms with Gasteiger partial charge in [-0.25, -0.2) is 14.0 Å². The highest BCUT2D eigenvalue weighted by Crippen LogP contribution is 2.43. The summed E-state index contributed by atoms with van der Waals surface area (Å²) in [6.07, 6.45) is 0. The van der Waals surface area contributed by atoms with Crippen LogP contribution < -0.4 is 5.32 Å². The summed E-state index contributed by atoms with van der Waals surface area (Å²) in [5, 5.41) is 12.5. The van der Waals surface area contributed by atoms with Crippen molar-refractivity contribution in [3.8, 4) is 0 Å². The summed E-state index contributed by atoms with van der Waals surface area (Å²) in [6.45, 7) is 0.488. The first kappa shape index (κ1) is 18.3. The van der Waals surface area contributed by atoms with Crippen LogP contribution in [-0.4, -0.2) is 30.8 Å². The number of halogens is 3. The number of rotatable bonds is 4. The van der Waals surface area contributed by atoms with Crippen molar-refractivity contribution in [2.75, 3.05) is 13.8 Å². The van der Waals surface area contributed by atoms with Crippen molar-refractivity contribution in [2.45, 2.75) is 12.8 Å². The third-order valence-corrected chi connectivity index (χ3v) is 4.54. The van der Waals surface area contributed by atoms with E-state index in [1.807, 2.05) is 0 Å². The van der Waals surface area contributed by atoms with Gasteiger partial charge in [-0.3, -0.25) is 0 Å². The van der Waals surface area contributed by atoms with Gasteiger partial charge in [0, 0.05) is 5.70 Å². The molecule has 8 heteroatoms. The molecule has 1 aliphatic rings. The van der Waals surface area contributed by atoms with Gasteiger partial charge in [0.2, 0.25) is 0 Å². The molecule has 0 saturated heterocycles. The first-order chi connectivity index (χ1) is 11.3. The van der Waals surface area contributed by atoms with Crippen molar-refractivity contribution in [3.63, 3.8) is 0 Å². The number of carboxylic acids is 1. The molecule has 1 aromatic rings. The van der Waals surface area contributed by atoms with E-state index in [0.717, 1.165) is 7.11 Å². The van der Waals surface area contributed by atoms with Crippen LogP contribution in [0.4, 0.5) is 4.39 Å². The van der Waals surface area contributed by atoms with E-state index in [4.69, 9.17) is 27.9 Å². The molecule has 2 rings (SSSR count). The normalized spacial score (nSPS) is 17.6. The highest BCUT2D eigenvalue weighted by Gasteiger charge is 2.39. The zero-order valence-corrected chi connectivity index (χ0v) is 14.3. The largest absolute Gasteiger partial charge is 0.478 e. The minimum Gasteiger partial charge on any atom is -0.478 e. The molecule has 1 atom stereocenters. The fraction of sp³-hybridized carbons (Fsp3) is 0.250. The Labute approximate surface area is 147 Å². The maximum atomic E-state index is 13.4. The molecule has 1 aliphatic heterocycles. The van der Waals surface area contributed by atoms with Crippen LogP contribution in [0.5, 0.6) is 0 Å². The number of hydrogen-bond acceptors (Lipinski definition) is 4. The number of carbonyl (C=O) groups is 2. The van der Waals surface area contributed by atoms with Gasteiger partial charge in [-0.2, -0.15) is 0 Å². The molecule has 0 saturated carbocycles. The highest BCUT2D eigenvalue weighted by atomic mass is 35.5. The van der Waals surface area contributed by atoms with Crippen molar-refractivity contribution in [3.05, 3.63) is 56.3 Å². The lowest BCUT2D eigenvalue weighted by Crippen LogP contribution is -2.33. The fourth-order valence-corrected chi connectivity index (χ4v) is 3.11. The van der Waals surface area contributed by atoms with Crippen LogP contribution in [0.15, 0.2) is 40.7 Å². The molecule has 0 spiro atoms. The molecule has 0 amide bonds. The molecule has 0 aliphatic carbocycles. The van der Waals surface area contributed by atoms with Gasteiger partial charge in [0.25, 0.3) is 0 Å². The number of benzene rings is 1. The van der Waals surface area contributed by atoms with Gasteiger partial charge in [0.05, 0.1) is 39.9 Å². The van der Waals surface area contributed by atoms with E-state index in [-0.39, 0.29) is 38.1 Å². The monoisotopic (exact) mass is 373 g/mol. The van der Waals surface area contributed by atoms with Crippen LogP contribution >= 0.6 is 23.2 Å². The third kappa shape index (κ3) is 3.12. The number of alkyl halides is 1. The lowest BCUT2D eigenvalue weighted by atomic mass is 9.80. The van der Waals surface area contributed by atoms with E-state index in [1.165, 1.54) is 13.0 Å². The number of carboxylic acid groups (broad SMARTS) is 1. The molecule has 5 nitrogen and oxygen atoms in total. The molecule has 0 fully saturated rings. The number of methoxy groups -OCH3 is 1. The minimum absolute atomic E-state index is 0.0645. The molecular formula is C16H14Cl2FNO4. The summed E-state index contributed by atoms with van der Waals surface area (Å²) >= 11 is 12.2. The zero-order valence-electron chi connectivity index (χ0n) is 12.8. The van der Waals surface area contributed by atoms with E-state index in [0.29, 0.717) is 0 Å². The fourth-order valence-electron chi connectivity index (χ4n) is 2.69. The quantitative estimate of drug-likeness (QED) is 0.790. The van der Waals surface area contributed by atoms with Gasteiger partial charge >= 0.3 is 11.9 Å². The van der Waals surface area contributed by atoms with Crippen molar-refractivity contribution < 1.29 is 23.8 Å². The number of nitrogens with one attached hydrogen (secondary N) is 1. The Morgan fingerprint density at radius 3 is 2.54 bits per heavy atom. The van der Waals surface area contributed by atoms with Crippen LogP contribution in [0.25, 0.3) is 0 Å². The maximum Gasteiger partial charge on any atom is 0.336 e. The summed E-state index contributed by atoms with van der Waals surface area (Å²) in [7, 11) is 1.13. The van der Waals surface area contributed by atoms with Gasteiger partial charge in [0.15, 0.2) is 0 Å².